The Balaban J connectivity index is 1.95. The van der Waals surface area contributed by atoms with Gasteiger partial charge in [0, 0.05) is 25.9 Å². The molecule has 0 saturated heterocycles. The Morgan fingerprint density at radius 1 is 0.935 bits per heavy atom. The first kappa shape index (κ1) is 22.6. The predicted octanol–water partition coefficient (Wildman–Crippen LogP) is 4.32. The number of aryl methyl sites for hydroxylation is 2. The van der Waals surface area contributed by atoms with Crippen molar-refractivity contribution in [1.82, 2.24) is 4.90 Å². The molecule has 1 aliphatic rings. The number of benzene rings is 2. The summed E-state index contributed by atoms with van der Waals surface area (Å²) in [6.45, 7) is 7.52. The number of nitrogens with one attached hydrogen (secondary N) is 1. The molecule has 0 spiro atoms. The molecule has 1 N–H and O–H groups in total. The molecule has 0 radical (unpaired) electrons. The summed E-state index contributed by atoms with van der Waals surface area (Å²) >= 11 is 0. The van der Waals surface area contributed by atoms with Crippen molar-refractivity contribution in [3.63, 3.8) is 0 Å². The summed E-state index contributed by atoms with van der Waals surface area (Å²) in [7, 11) is 1.60. The molecule has 0 fully saturated rings. The first-order valence-electron chi connectivity index (χ1n) is 10.6. The zero-order valence-electron chi connectivity index (χ0n) is 18.7. The van der Waals surface area contributed by atoms with Gasteiger partial charge in [-0.2, -0.15) is 0 Å². The second-order valence-electron chi connectivity index (χ2n) is 7.66. The topological polar surface area (TPSA) is 67.9 Å². The monoisotopic (exact) mass is 422 g/mol. The smallest absolute Gasteiger partial charge is 0.278 e. The molecule has 6 heteroatoms. The molecule has 6 nitrogen and oxygen atoms in total. The van der Waals surface area contributed by atoms with Crippen molar-refractivity contribution in [3.8, 4) is 5.75 Å². The number of hydrogen-bond donors (Lipinski definition) is 1. The lowest BCUT2D eigenvalue weighted by molar-refractivity contribution is -0.136. The molecular formula is C25H30N2O4. The number of carbonyl (C=O) groups is 2. The normalized spacial score (nSPS) is 13.9. The second kappa shape index (κ2) is 10.3. The zero-order valence-corrected chi connectivity index (χ0v) is 18.7. The maximum Gasteiger partial charge on any atom is 0.278 e. The average Bonchev–Trinajstić information content (AvgIpc) is 2.99. The van der Waals surface area contributed by atoms with E-state index in [1.165, 1.54) is 4.90 Å². The Kier molecular flexibility index (Phi) is 7.47. The van der Waals surface area contributed by atoms with E-state index in [4.69, 9.17) is 9.47 Å². The first-order chi connectivity index (χ1) is 15.0. The van der Waals surface area contributed by atoms with E-state index < -0.39 is 0 Å². The van der Waals surface area contributed by atoms with Crippen LogP contribution in [0.3, 0.4) is 0 Å². The minimum atomic E-state index is -0.319. The molecule has 31 heavy (non-hydrogen) atoms. The van der Waals surface area contributed by atoms with Gasteiger partial charge in [0.05, 0.1) is 12.2 Å². The molecule has 0 aromatic heterocycles. The quantitative estimate of drug-likeness (QED) is 0.456. The summed E-state index contributed by atoms with van der Waals surface area (Å²) in [5.74, 6) is 0.124. The summed E-state index contributed by atoms with van der Waals surface area (Å²) in [5, 5.41) is 3.21. The van der Waals surface area contributed by atoms with E-state index in [1.807, 2.05) is 63.2 Å². The third-order valence-electron chi connectivity index (χ3n) is 5.29. The van der Waals surface area contributed by atoms with E-state index in [2.05, 4.69) is 5.32 Å². The number of amides is 2. The summed E-state index contributed by atoms with van der Waals surface area (Å²) in [6.07, 6.45) is 1.50. The molecular weight excluding hydrogens is 392 g/mol. The van der Waals surface area contributed by atoms with Crippen molar-refractivity contribution in [1.29, 1.82) is 0 Å². The lowest BCUT2D eigenvalue weighted by Crippen LogP contribution is -2.33. The molecule has 1 heterocycles. The molecule has 0 saturated carbocycles. The molecule has 0 unspecified atom stereocenters. The molecule has 1 aliphatic heterocycles. The van der Waals surface area contributed by atoms with Crippen LogP contribution >= 0.6 is 0 Å². The van der Waals surface area contributed by atoms with Crippen LogP contribution in [0.25, 0.3) is 5.57 Å². The van der Waals surface area contributed by atoms with E-state index in [9.17, 15) is 9.59 Å². The van der Waals surface area contributed by atoms with Gasteiger partial charge in [-0.1, -0.05) is 25.1 Å². The van der Waals surface area contributed by atoms with Gasteiger partial charge in [0.1, 0.15) is 11.4 Å². The highest BCUT2D eigenvalue weighted by Crippen LogP contribution is 2.32. The van der Waals surface area contributed by atoms with Crippen LogP contribution in [0, 0.1) is 13.8 Å². The third kappa shape index (κ3) is 5.14. The molecule has 2 amide bonds. The van der Waals surface area contributed by atoms with Crippen molar-refractivity contribution in [3.05, 3.63) is 64.9 Å². The molecule has 0 aliphatic carbocycles. The van der Waals surface area contributed by atoms with E-state index in [-0.39, 0.29) is 11.8 Å². The summed E-state index contributed by atoms with van der Waals surface area (Å²) < 4.78 is 10.7. The first-order valence-corrected chi connectivity index (χ1v) is 10.6. The van der Waals surface area contributed by atoms with Gasteiger partial charge in [0.15, 0.2) is 0 Å². The second-order valence-corrected chi connectivity index (χ2v) is 7.66. The Morgan fingerprint density at radius 2 is 1.68 bits per heavy atom. The van der Waals surface area contributed by atoms with Crippen LogP contribution in [0.1, 0.15) is 36.5 Å². The Morgan fingerprint density at radius 3 is 2.32 bits per heavy atom. The molecule has 2 aromatic carbocycles. The maximum absolute atomic E-state index is 13.2. The number of methoxy groups -OCH3 is 1. The van der Waals surface area contributed by atoms with Crippen LogP contribution in [0.15, 0.2) is 48.2 Å². The van der Waals surface area contributed by atoms with Gasteiger partial charge in [0.2, 0.25) is 0 Å². The fraction of sp³-hybridized carbons (Fsp3) is 0.360. The lowest BCUT2D eigenvalue weighted by atomic mass is 10.0. The molecule has 3 rings (SSSR count). The number of carbonyl (C=O) groups excluding carboxylic acids is 2. The predicted molar refractivity (Wildman–Crippen MR) is 122 cm³/mol. The number of rotatable bonds is 10. The largest absolute Gasteiger partial charge is 0.494 e. The van der Waals surface area contributed by atoms with Crippen molar-refractivity contribution in [2.75, 3.05) is 32.2 Å². The van der Waals surface area contributed by atoms with Gasteiger partial charge >= 0.3 is 0 Å². The van der Waals surface area contributed by atoms with Crippen LogP contribution in [-0.4, -0.2) is 43.6 Å². The molecule has 0 atom stereocenters. The van der Waals surface area contributed by atoms with E-state index in [1.54, 1.807) is 7.11 Å². The van der Waals surface area contributed by atoms with Crippen LogP contribution in [0.2, 0.25) is 0 Å². The number of nitrogens with zero attached hydrogens (tertiary/aromatic N) is 1. The van der Waals surface area contributed by atoms with E-state index >= 15 is 0 Å². The van der Waals surface area contributed by atoms with Gasteiger partial charge < -0.3 is 14.8 Å². The molecule has 0 bridgehead atoms. The van der Waals surface area contributed by atoms with Crippen LogP contribution in [0.4, 0.5) is 5.69 Å². The third-order valence-corrected chi connectivity index (χ3v) is 5.29. The van der Waals surface area contributed by atoms with Crippen molar-refractivity contribution >= 4 is 23.1 Å². The highest BCUT2D eigenvalue weighted by Gasteiger charge is 2.38. The van der Waals surface area contributed by atoms with Gasteiger partial charge in [0.25, 0.3) is 11.8 Å². The number of hydrogen-bond acceptors (Lipinski definition) is 5. The SMILES string of the molecule is CCCOc1ccc(C2=C(Nc3ccc(C)c(C)c3)C(=O)N(CCCOC)C2=O)cc1. The summed E-state index contributed by atoms with van der Waals surface area (Å²) in [4.78, 5) is 27.7. The Labute approximate surface area is 183 Å². The maximum atomic E-state index is 13.2. The van der Waals surface area contributed by atoms with Crippen molar-refractivity contribution < 1.29 is 19.1 Å². The summed E-state index contributed by atoms with van der Waals surface area (Å²) in [6, 6.07) is 13.2. The summed E-state index contributed by atoms with van der Waals surface area (Å²) in [5.41, 5.74) is 4.41. The highest BCUT2D eigenvalue weighted by molar-refractivity contribution is 6.36. The van der Waals surface area contributed by atoms with Crippen LogP contribution in [0.5, 0.6) is 5.75 Å². The van der Waals surface area contributed by atoms with Crippen LogP contribution in [-0.2, 0) is 14.3 Å². The standard InChI is InChI=1S/C25H30N2O4/c1-5-14-31-21-11-8-19(9-12-21)22-23(26-20-10-7-17(2)18(3)16-20)25(29)27(24(22)28)13-6-15-30-4/h7-12,16,26H,5-6,13-15H2,1-4H3. The van der Waals surface area contributed by atoms with Gasteiger partial charge in [-0.05, 0) is 67.6 Å². The number of anilines is 1. The molecule has 2 aromatic rings. The highest BCUT2D eigenvalue weighted by atomic mass is 16.5. The zero-order chi connectivity index (χ0) is 22.4. The minimum Gasteiger partial charge on any atom is -0.494 e. The Hall–Kier alpha value is -3.12. The number of imide groups is 1. The Bertz CT molecular complexity index is 980. The lowest BCUT2D eigenvalue weighted by Gasteiger charge is -2.15. The van der Waals surface area contributed by atoms with E-state index in [0.29, 0.717) is 43.0 Å². The van der Waals surface area contributed by atoms with Crippen molar-refractivity contribution in [2.45, 2.75) is 33.6 Å². The number of ether oxygens (including phenoxy) is 2. The van der Waals surface area contributed by atoms with Gasteiger partial charge in [-0.3, -0.25) is 14.5 Å². The van der Waals surface area contributed by atoms with Gasteiger partial charge in [-0.25, -0.2) is 0 Å². The van der Waals surface area contributed by atoms with E-state index in [0.717, 1.165) is 29.0 Å². The minimum absolute atomic E-state index is 0.297. The van der Waals surface area contributed by atoms with Crippen molar-refractivity contribution in [2.24, 2.45) is 0 Å². The fourth-order valence-electron chi connectivity index (χ4n) is 3.43. The average molecular weight is 423 g/mol. The molecule has 164 valence electrons. The fourth-order valence-corrected chi connectivity index (χ4v) is 3.43. The van der Waals surface area contributed by atoms with Crippen LogP contribution < -0.4 is 10.1 Å². The van der Waals surface area contributed by atoms with Gasteiger partial charge in [-0.15, -0.1) is 0 Å².